The van der Waals surface area contributed by atoms with Gasteiger partial charge in [-0.1, -0.05) is 0 Å². The number of hydrogen-bond acceptors (Lipinski definition) is 5. The minimum atomic E-state index is -4.76. The molecule has 2 rings (SSSR count). The van der Waals surface area contributed by atoms with Crippen LogP contribution in [0.25, 0.3) is 0 Å². The number of hydrogen-bond donors (Lipinski definition) is 1. The van der Waals surface area contributed by atoms with Crippen molar-refractivity contribution in [2.24, 2.45) is 0 Å². The van der Waals surface area contributed by atoms with E-state index in [4.69, 9.17) is 4.55 Å². The van der Waals surface area contributed by atoms with Gasteiger partial charge >= 0.3 is 15.2 Å². The topological polar surface area (TPSA) is 95.0 Å². The molecule has 7 nitrogen and oxygen atoms in total. The van der Waals surface area contributed by atoms with E-state index in [1.165, 1.54) is 24.3 Å². The summed E-state index contributed by atoms with van der Waals surface area (Å²) >= 11 is 0. The van der Waals surface area contributed by atoms with Gasteiger partial charge in [-0.05, 0) is 38.1 Å². The van der Waals surface area contributed by atoms with Gasteiger partial charge < -0.3 is 4.90 Å². The lowest BCUT2D eigenvalue weighted by Crippen LogP contribution is -2.50. The molecular formula is C15H20N2O5S. The minimum absolute atomic E-state index is 0.153. The zero-order valence-corrected chi connectivity index (χ0v) is 13.9. The summed E-state index contributed by atoms with van der Waals surface area (Å²) in [5.41, 5.74) is 0.212. The molecule has 1 saturated heterocycles. The Kier molecular flexibility index (Phi) is 5.18. The fourth-order valence-corrected chi connectivity index (χ4v) is 2.96. The van der Waals surface area contributed by atoms with Crippen molar-refractivity contribution in [3.8, 4) is 0 Å². The summed E-state index contributed by atoms with van der Waals surface area (Å²) in [6.07, 6.45) is 0. The summed E-state index contributed by atoms with van der Waals surface area (Å²) in [5, 5.41) is -1.37. The van der Waals surface area contributed by atoms with Crippen LogP contribution < -0.4 is 0 Å². The lowest BCUT2D eigenvalue weighted by Gasteiger charge is -2.37. The molecule has 23 heavy (non-hydrogen) atoms. The van der Waals surface area contributed by atoms with Crippen LogP contribution in [-0.2, 0) is 10.1 Å². The zero-order valence-electron chi connectivity index (χ0n) is 13.1. The van der Waals surface area contributed by atoms with E-state index in [2.05, 4.69) is 18.7 Å². The molecular weight excluding hydrogens is 320 g/mol. The number of amides is 1. The Morgan fingerprint density at radius 1 is 1.00 bits per heavy atom. The largest absolute Gasteiger partial charge is 0.336 e. The van der Waals surface area contributed by atoms with Crippen molar-refractivity contribution in [3.63, 3.8) is 0 Å². The van der Waals surface area contributed by atoms with Gasteiger partial charge in [-0.25, -0.2) is 0 Å². The van der Waals surface area contributed by atoms with E-state index in [-0.39, 0.29) is 11.5 Å². The van der Waals surface area contributed by atoms with Gasteiger partial charge in [0.2, 0.25) is 0 Å². The molecule has 126 valence electrons. The zero-order chi connectivity index (χ0) is 17.2. The number of nitrogens with zero attached hydrogens (tertiary/aromatic N) is 2. The summed E-state index contributed by atoms with van der Waals surface area (Å²) in [5.74, 6) is -0.153. The van der Waals surface area contributed by atoms with Gasteiger partial charge in [0.25, 0.3) is 5.91 Å². The molecule has 0 bridgehead atoms. The van der Waals surface area contributed by atoms with Crippen LogP contribution >= 0.6 is 0 Å². The lowest BCUT2D eigenvalue weighted by molar-refractivity contribution is 0.0595. The van der Waals surface area contributed by atoms with Crippen molar-refractivity contribution in [2.75, 3.05) is 26.2 Å². The summed E-state index contributed by atoms with van der Waals surface area (Å²) in [4.78, 5) is 27.8. The SMILES string of the molecule is CC(C)N1CCN(C(=O)c2ccc(C(=O)S(=O)(=O)O)cc2)CC1. The van der Waals surface area contributed by atoms with Crippen molar-refractivity contribution in [1.29, 1.82) is 0 Å². The Morgan fingerprint density at radius 2 is 1.48 bits per heavy atom. The van der Waals surface area contributed by atoms with Gasteiger partial charge in [-0.15, -0.1) is 0 Å². The maximum atomic E-state index is 12.4. The Morgan fingerprint density at radius 3 is 1.91 bits per heavy atom. The van der Waals surface area contributed by atoms with Crippen LogP contribution in [0.4, 0.5) is 0 Å². The molecule has 0 spiro atoms. The average Bonchev–Trinajstić information content (AvgIpc) is 2.53. The van der Waals surface area contributed by atoms with Gasteiger partial charge in [0, 0.05) is 43.3 Å². The van der Waals surface area contributed by atoms with Crippen LogP contribution in [0.3, 0.4) is 0 Å². The molecule has 0 aliphatic carbocycles. The quantitative estimate of drug-likeness (QED) is 0.821. The highest BCUT2D eigenvalue weighted by molar-refractivity contribution is 8.01. The summed E-state index contributed by atoms with van der Waals surface area (Å²) in [7, 11) is -4.76. The van der Waals surface area contributed by atoms with E-state index in [1.54, 1.807) is 4.90 Å². The number of rotatable bonds is 3. The molecule has 1 amide bonds. The third-order valence-electron chi connectivity index (χ3n) is 3.93. The van der Waals surface area contributed by atoms with Crippen molar-refractivity contribution in [3.05, 3.63) is 35.4 Å². The molecule has 1 aliphatic rings. The molecule has 0 aromatic heterocycles. The molecule has 1 heterocycles. The van der Waals surface area contributed by atoms with Crippen LogP contribution in [0.15, 0.2) is 24.3 Å². The first-order valence-electron chi connectivity index (χ1n) is 7.35. The molecule has 1 aliphatic heterocycles. The standard InChI is InChI=1S/C15H20N2O5S/c1-11(2)16-7-9-17(10-8-16)14(18)12-3-5-13(6-4-12)15(19)23(20,21)22/h3-6,11H,7-10H2,1-2H3,(H,20,21,22). The Labute approximate surface area is 135 Å². The third kappa shape index (κ3) is 4.15. The van der Waals surface area contributed by atoms with E-state index in [1.807, 2.05) is 0 Å². The predicted octanol–water partition coefficient (Wildman–Crippen LogP) is 0.881. The molecule has 1 aromatic carbocycles. The second-order valence-corrected chi connectivity index (χ2v) is 7.08. The summed E-state index contributed by atoms with van der Waals surface area (Å²) < 4.78 is 30.4. The Balaban J connectivity index is 2.06. The summed E-state index contributed by atoms with van der Waals surface area (Å²) in [6, 6.07) is 5.70. The first kappa shape index (κ1) is 17.6. The van der Waals surface area contributed by atoms with Crippen molar-refractivity contribution in [1.82, 2.24) is 9.80 Å². The molecule has 0 radical (unpaired) electrons. The van der Waals surface area contributed by atoms with Crippen LogP contribution in [0.1, 0.15) is 34.6 Å². The van der Waals surface area contributed by atoms with E-state index in [0.29, 0.717) is 24.7 Å². The average molecular weight is 340 g/mol. The summed E-state index contributed by atoms with van der Waals surface area (Å²) in [6.45, 7) is 7.10. The lowest BCUT2D eigenvalue weighted by atomic mass is 10.1. The fourth-order valence-electron chi connectivity index (χ4n) is 2.52. The molecule has 0 unspecified atom stereocenters. The van der Waals surface area contributed by atoms with Gasteiger partial charge in [-0.2, -0.15) is 8.42 Å². The number of carbonyl (C=O) groups excluding carboxylic acids is 2. The maximum Gasteiger partial charge on any atom is 0.333 e. The van der Waals surface area contributed by atoms with E-state index in [0.717, 1.165) is 13.1 Å². The minimum Gasteiger partial charge on any atom is -0.336 e. The molecule has 0 saturated carbocycles. The van der Waals surface area contributed by atoms with Gasteiger partial charge in [-0.3, -0.25) is 19.0 Å². The van der Waals surface area contributed by atoms with Gasteiger partial charge in [0.15, 0.2) is 0 Å². The van der Waals surface area contributed by atoms with Gasteiger partial charge in [0.1, 0.15) is 0 Å². The van der Waals surface area contributed by atoms with Crippen LogP contribution in [0.5, 0.6) is 0 Å². The second-order valence-electron chi connectivity index (χ2n) is 5.76. The maximum absolute atomic E-state index is 12.4. The highest BCUT2D eigenvalue weighted by Crippen LogP contribution is 2.13. The Bertz CT molecular complexity index is 689. The molecule has 1 fully saturated rings. The predicted molar refractivity (Wildman–Crippen MR) is 84.9 cm³/mol. The van der Waals surface area contributed by atoms with Crippen LogP contribution in [0, 0.1) is 0 Å². The first-order chi connectivity index (χ1) is 10.7. The van der Waals surface area contributed by atoms with Gasteiger partial charge in [0.05, 0.1) is 0 Å². The van der Waals surface area contributed by atoms with Crippen molar-refractivity contribution >= 4 is 21.1 Å². The van der Waals surface area contributed by atoms with E-state index < -0.39 is 15.2 Å². The number of piperazine rings is 1. The molecule has 8 heteroatoms. The second kappa shape index (κ2) is 6.77. The van der Waals surface area contributed by atoms with Crippen LogP contribution in [0.2, 0.25) is 0 Å². The number of benzene rings is 1. The molecule has 1 aromatic rings. The van der Waals surface area contributed by atoms with Crippen LogP contribution in [-0.4, -0.2) is 66.0 Å². The smallest absolute Gasteiger partial charge is 0.333 e. The highest BCUT2D eigenvalue weighted by Gasteiger charge is 2.24. The monoisotopic (exact) mass is 340 g/mol. The number of carbonyl (C=O) groups is 2. The first-order valence-corrected chi connectivity index (χ1v) is 8.79. The molecule has 1 N–H and O–H groups in total. The third-order valence-corrected chi connectivity index (χ3v) is 4.64. The fraction of sp³-hybridized carbons (Fsp3) is 0.467. The normalized spacial score (nSPS) is 16.6. The van der Waals surface area contributed by atoms with Crippen molar-refractivity contribution < 1.29 is 22.6 Å². The van der Waals surface area contributed by atoms with E-state index >= 15 is 0 Å². The van der Waals surface area contributed by atoms with Crippen molar-refractivity contribution in [2.45, 2.75) is 19.9 Å². The molecule has 0 atom stereocenters. The Hall–Kier alpha value is -1.77. The highest BCUT2D eigenvalue weighted by atomic mass is 32.2. The van der Waals surface area contributed by atoms with E-state index in [9.17, 15) is 18.0 Å².